The van der Waals surface area contributed by atoms with E-state index < -0.39 is 24.0 Å². The molecule has 5 nitrogen and oxygen atoms in total. The van der Waals surface area contributed by atoms with Crippen molar-refractivity contribution >= 4 is 11.9 Å². The zero-order valence-electron chi connectivity index (χ0n) is 9.13. The van der Waals surface area contributed by atoms with Crippen LogP contribution in [0.5, 0.6) is 0 Å². The van der Waals surface area contributed by atoms with Crippen molar-refractivity contribution in [3.8, 4) is 0 Å². The SMILES string of the molecule is O=C1OC(=O)C2C1NCN2Cc1ccccc1. The zero-order chi connectivity index (χ0) is 11.8. The first kappa shape index (κ1) is 10.4. The third-order valence-electron chi connectivity index (χ3n) is 3.15. The molecule has 1 N–H and O–H groups in total. The molecule has 0 radical (unpaired) electrons. The summed E-state index contributed by atoms with van der Waals surface area (Å²) in [5.41, 5.74) is 1.11. The van der Waals surface area contributed by atoms with Gasteiger partial charge in [-0.25, -0.2) is 9.59 Å². The third kappa shape index (κ3) is 1.73. The highest BCUT2D eigenvalue weighted by molar-refractivity contribution is 6.01. The van der Waals surface area contributed by atoms with Crippen LogP contribution in [0.2, 0.25) is 0 Å². The second-order valence-electron chi connectivity index (χ2n) is 4.26. The van der Waals surface area contributed by atoms with Gasteiger partial charge in [0.25, 0.3) is 0 Å². The summed E-state index contributed by atoms with van der Waals surface area (Å²) in [6.07, 6.45) is 0. The number of hydrogen-bond acceptors (Lipinski definition) is 5. The van der Waals surface area contributed by atoms with Gasteiger partial charge in [0.05, 0.1) is 6.67 Å². The van der Waals surface area contributed by atoms with Crippen LogP contribution in [0.25, 0.3) is 0 Å². The molecule has 2 heterocycles. The molecule has 2 fully saturated rings. The Morgan fingerprint density at radius 2 is 2.00 bits per heavy atom. The van der Waals surface area contributed by atoms with Gasteiger partial charge in [-0.3, -0.25) is 10.2 Å². The van der Waals surface area contributed by atoms with E-state index in [1.54, 1.807) is 0 Å². The summed E-state index contributed by atoms with van der Waals surface area (Å²) in [6, 6.07) is 8.88. The molecule has 1 aromatic rings. The second-order valence-corrected chi connectivity index (χ2v) is 4.26. The normalized spacial score (nSPS) is 28.2. The number of benzene rings is 1. The maximum Gasteiger partial charge on any atom is 0.333 e. The van der Waals surface area contributed by atoms with E-state index in [9.17, 15) is 9.59 Å². The first-order valence-corrected chi connectivity index (χ1v) is 5.52. The molecule has 0 aromatic heterocycles. The van der Waals surface area contributed by atoms with Gasteiger partial charge in [-0.05, 0) is 5.56 Å². The topological polar surface area (TPSA) is 58.6 Å². The van der Waals surface area contributed by atoms with Crippen LogP contribution in [0, 0.1) is 0 Å². The molecule has 0 spiro atoms. The molecule has 5 heteroatoms. The Hall–Kier alpha value is -1.72. The lowest BCUT2D eigenvalue weighted by molar-refractivity contribution is -0.154. The number of nitrogens with zero attached hydrogens (tertiary/aromatic N) is 1. The largest absolute Gasteiger partial charge is 0.391 e. The first-order chi connectivity index (χ1) is 8.25. The number of esters is 2. The van der Waals surface area contributed by atoms with Gasteiger partial charge in [0.1, 0.15) is 12.1 Å². The quantitative estimate of drug-likeness (QED) is 0.568. The number of nitrogens with one attached hydrogen (secondary N) is 1. The fourth-order valence-corrected chi connectivity index (χ4v) is 2.33. The number of carbonyl (C=O) groups is 2. The van der Waals surface area contributed by atoms with Crippen LogP contribution in [0.4, 0.5) is 0 Å². The van der Waals surface area contributed by atoms with Crippen molar-refractivity contribution in [3.63, 3.8) is 0 Å². The predicted molar refractivity (Wildman–Crippen MR) is 58.7 cm³/mol. The highest BCUT2D eigenvalue weighted by Crippen LogP contribution is 2.22. The summed E-state index contributed by atoms with van der Waals surface area (Å²) in [4.78, 5) is 24.8. The predicted octanol–water partition coefficient (Wildman–Crippen LogP) is -0.130. The highest BCUT2D eigenvalue weighted by atomic mass is 16.6. The molecule has 88 valence electrons. The number of cyclic esters (lactones) is 2. The maximum absolute atomic E-state index is 11.5. The molecule has 2 aliphatic rings. The Morgan fingerprint density at radius 3 is 2.76 bits per heavy atom. The third-order valence-corrected chi connectivity index (χ3v) is 3.15. The van der Waals surface area contributed by atoms with E-state index in [4.69, 9.17) is 0 Å². The van der Waals surface area contributed by atoms with Crippen LogP contribution in [0.1, 0.15) is 5.56 Å². The minimum Gasteiger partial charge on any atom is -0.391 e. The smallest absolute Gasteiger partial charge is 0.333 e. The molecule has 2 aliphatic heterocycles. The number of carbonyl (C=O) groups excluding carboxylic acids is 2. The zero-order valence-corrected chi connectivity index (χ0v) is 9.13. The second kappa shape index (κ2) is 3.94. The molecule has 3 rings (SSSR count). The average Bonchev–Trinajstić information content (AvgIpc) is 2.85. The van der Waals surface area contributed by atoms with E-state index in [-0.39, 0.29) is 0 Å². The Labute approximate surface area is 98.4 Å². The highest BCUT2D eigenvalue weighted by Gasteiger charge is 2.51. The fourth-order valence-electron chi connectivity index (χ4n) is 2.33. The van der Waals surface area contributed by atoms with Gasteiger partial charge < -0.3 is 4.74 Å². The minimum atomic E-state index is -0.494. The summed E-state index contributed by atoms with van der Waals surface area (Å²) in [6.45, 7) is 1.17. The van der Waals surface area contributed by atoms with Gasteiger partial charge in [0.15, 0.2) is 0 Å². The van der Waals surface area contributed by atoms with Gasteiger partial charge >= 0.3 is 11.9 Å². The molecule has 0 bridgehead atoms. The Morgan fingerprint density at radius 1 is 1.24 bits per heavy atom. The number of ether oxygens (including phenoxy) is 1. The van der Waals surface area contributed by atoms with E-state index in [0.29, 0.717) is 13.2 Å². The van der Waals surface area contributed by atoms with Gasteiger partial charge in [0, 0.05) is 6.54 Å². The van der Waals surface area contributed by atoms with Crippen LogP contribution in [-0.4, -0.2) is 35.6 Å². The van der Waals surface area contributed by atoms with Gasteiger partial charge in [0.2, 0.25) is 0 Å². The van der Waals surface area contributed by atoms with Crippen molar-refractivity contribution in [2.75, 3.05) is 6.67 Å². The van der Waals surface area contributed by atoms with E-state index >= 15 is 0 Å². The molecule has 2 atom stereocenters. The van der Waals surface area contributed by atoms with Crippen molar-refractivity contribution in [3.05, 3.63) is 35.9 Å². The number of rotatable bonds is 2. The van der Waals surface area contributed by atoms with Crippen molar-refractivity contribution < 1.29 is 14.3 Å². The Bertz CT molecular complexity index is 460. The summed E-state index contributed by atoms with van der Waals surface area (Å²) in [5, 5.41) is 3.00. The molecule has 0 amide bonds. The molecule has 17 heavy (non-hydrogen) atoms. The van der Waals surface area contributed by atoms with Crippen LogP contribution in [0.3, 0.4) is 0 Å². The van der Waals surface area contributed by atoms with E-state index in [0.717, 1.165) is 5.56 Å². The van der Waals surface area contributed by atoms with Crippen LogP contribution < -0.4 is 5.32 Å². The molecule has 0 saturated carbocycles. The summed E-state index contributed by atoms with van der Waals surface area (Å²) >= 11 is 0. The average molecular weight is 232 g/mol. The van der Waals surface area contributed by atoms with Crippen molar-refractivity contribution in [2.45, 2.75) is 18.6 Å². The number of hydrogen-bond donors (Lipinski definition) is 1. The van der Waals surface area contributed by atoms with Crippen LogP contribution in [0.15, 0.2) is 30.3 Å². The van der Waals surface area contributed by atoms with Gasteiger partial charge in [-0.15, -0.1) is 0 Å². The van der Waals surface area contributed by atoms with Gasteiger partial charge in [-0.2, -0.15) is 0 Å². The molecular weight excluding hydrogens is 220 g/mol. The van der Waals surface area contributed by atoms with Gasteiger partial charge in [-0.1, -0.05) is 30.3 Å². The van der Waals surface area contributed by atoms with Crippen LogP contribution in [-0.2, 0) is 20.9 Å². The standard InChI is InChI=1S/C12H12N2O3/c15-11-9-10(12(16)17-11)14(7-13-9)6-8-4-2-1-3-5-8/h1-5,9-10,13H,6-7H2. The molecule has 0 aliphatic carbocycles. The molecule has 1 aromatic carbocycles. The lowest BCUT2D eigenvalue weighted by atomic mass is 10.1. The first-order valence-electron chi connectivity index (χ1n) is 5.52. The monoisotopic (exact) mass is 232 g/mol. The summed E-state index contributed by atoms with van der Waals surface area (Å²) in [7, 11) is 0. The fraction of sp³-hybridized carbons (Fsp3) is 0.333. The minimum absolute atomic E-state index is 0.444. The lowest BCUT2D eigenvalue weighted by Crippen LogP contribution is -2.38. The Balaban J connectivity index is 1.78. The van der Waals surface area contributed by atoms with Crippen molar-refractivity contribution in [1.29, 1.82) is 0 Å². The summed E-state index contributed by atoms with van der Waals surface area (Å²) in [5.74, 6) is -0.906. The molecular formula is C12H12N2O3. The van der Waals surface area contributed by atoms with E-state index in [1.165, 1.54) is 0 Å². The summed E-state index contributed by atoms with van der Waals surface area (Å²) < 4.78 is 4.61. The molecule has 2 saturated heterocycles. The van der Waals surface area contributed by atoms with Crippen molar-refractivity contribution in [2.24, 2.45) is 0 Å². The molecule has 2 unspecified atom stereocenters. The maximum atomic E-state index is 11.5. The van der Waals surface area contributed by atoms with Crippen molar-refractivity contribution in [1.82, 2.24) is 10.2 Å². The lowest BCUT2D eigenvalue weighted by Gasteiger charge is -2.18. The van der Waals surface area contributed by atoms with E-state index in [2.05, 4.69) is 10.1 Å². The number of fused-ring (bicyclic) bond motifs is 1. The Kier molecular flexibility index (Phi) is 2.42. The van der Waals surface area contributed by atoms with Crippen LogP contribution >= 0.6 is 0 Å². The van der Waals surface area contributed by atoms with E-state index in [1.807, 2.05) is 35.2 Å².